The molecule has 3 rings (SSSR count). The van der Waals surface area contributed by atoms with Gasteiger partial charge in [-0.05, 0) is 49.3 Å². The maximum absolute atomic E-state index is 13.1. The molecule has 0 radical (unpaired) electrons. The molecule has 152 valence electrons. The lowest BCUT2D eigenvalue weighted by Crippen LogP contribution is -2.38. The summed E-state index contributed by atoms with van der Waals surface area (Å²) in [5.41, 5.74) is 1.32. The fourth-order valence-corrected chi connectivity index (χ4v) is 5.19. The molecule has 1 saturated heterocycles. The number of sulfonamides is 1. The van der Waals surface area contributed by atoms with Crippen molar-refractivity contribution in [2.45, 2.75) is 43.9 Å². The number of nitrogens with zero attached hydrogens (tertiary/aromatic N) is 1. The van der Waals surface area contributed by atoms with Crippen LogP contribution in [0.1, 0.15) is 38.2 Å². The first kappa shape index (κ1) is 21.2. The lowest BCUT2D eigenvalue weighted by Gasteiger charge is -2.31. The number of halogens is 1. The van der Waals surface area contributed by atoms with Crippen LogP contribution in [0.4, 0.5) is 0 Å². The number of benzene rings is 2. The minimum atomic E-state index is -3.53. The molecule has 0 spiro atoms. The average molecular weight is 422 g/mol. The van der Waals surface area contributed by atoms with Crippen LogP contribution < -0.4 is 4.74 Å². The van der Waals surface area contributed by atoms with Gasteiger partial charge >= 0.3 is 0 Å². The maximum atomic E-state index is 13.1. The Morgan fingerprint density at radius 1 is 1.11 bits per heavy atom. The van der Waals surface area contributed by atoms with Crippen molar-refractivity contribution >= 4 is 21.6 Å². The Labute approximate surface area is 173 Å². The predicted molar refractivity (Wildman–Crippen MR) is 113 cm³/mol. The first-order valence-corrected chi connectivity index (χ1v) is 11.8. The minimum Gasteiger partial charge on any atom is -0.492 e. The van der Waals surface area contributed by atoms with Crippen LogP contribution in [0.15, 0.2) is 53.4 Å². The van der Waals surface area contributed by atoms with Crippen molar-refractivity contribution in [3.63, 3.8) is 0 Å². The predicted octanol–water partition coefficient (Wildman–Crippen LogP) is 5.16. The van der Waals surface area contributed by atoms with Crippen molar-refractivity contribution in [2.75, 3.05) is 19.7 Å². The summed E-state index contributed by atoms with van der Waals surface area (Å²) in [5, 5.41) is 0.441. The van der Waals surface area contributed by atoms with Crippen LogP contribution in [0.5, 0.6) is 5.75 Å². The van der Waals surface area contributed by atoms with Crippen LogP contribution >= 0.6 is 11.6 Å². The number of hydrogen-bond acceptors (Lipinski definition) is 3. The van der Waals surface area contributed by atoms with Crippen molar-refractivity contribution < 1.29 is 13.2 Å². The Bertz CT molecular complexity index is 863. The highest BCUT2D eigenvalue weighted by atomic mass is 35.5. The Morgan fingerprint density at radius 2 is 1.82 bits per heavy atom. The van der Waals surface area contributed by atoms with Gasteiger partial charge in [0.1, 0.15) is 5.75 Å². The van der Waals surface area contributed by atoms with E-state index in [-0.39, 0.29) is 4.90 Å². The maximum Gasteiger partial charge on any atom is 0.243 e. The van der Waals surface area contributed by atoms with Crippen molar-refractivity contribution in [1.82, 2.24) is 4.31 Å². The van der Waals surface area contributed by atoms with E-state index in [1.807, 2.05) is 6.07 Å². The zero-order valence-electron chi connectivity index (χ0n) is 16.3. The van der Waals surface area contributed by atoms with Gasteiger partial charge in [0.2, 0.25) is 10.0 Å². The van der Waals surface area contributed by atoms with Gasteiger partial charge in [-0.2, -0.15) is 4.31 Å². The Morgan fingerprint density at radius 3 is 2.50 bits per heavy atom. The van der Waals surface area contributed by atoms with Crippen LogP contribution in [-0.2, 0) is 16.4 Å². The summed E-state index contributed by atoms with van der Waals surface area (Å²) in [6.45, 7) is 3.71. The highest BCUT2D eigenvalue weighted by Gasteiger charge is 2.30. The standard InChI is InChI=1S/C22H28ClNO3S/c1-2-3-15-27-22-17-20(9-10-21(22)23)28(25,26)24-13-11-19(12-14-24)16-18-7-5-4-6-8-18/h4-10,17,19H,2-3,11-16H2,1H3. The number of hydrogen-bond donors (Lipinski definition) is 0. The summed E-state index contributed by atoms with van der Waals surface area (Å²) < 4.78 is 33.4. The van der Waals surface area contributed by atoms with E-state index in [1.165, 1.54) is 5.56 Å². The molecule has 2 aromatic carbocycles. The van der Waals surface area contributed by atoms with Crippen LogP contribution in [0.3, 0.4) is 0 Å². The molecule has 1 aliphatic heterocycles. The normalized spacial score (nSPS) is 16.2. The third-order valence-electron chi connectivity index (χ3n) is 5.24. The molecule has 1 heterocycles. The number of unbranched alkanes of at least 4 members (excludes halogenated alkanes) is 1. The molecule has 0 bridgehead atoms. The van der Waals surface area contributed by atoms with Gasteiger partial charge in [0.25, 0.3) is 0 Å². The molecular weight excluding hydrogens is 394 g/mol. The van der Waals surface area contributed by atoms with Gasteiger partial charge in [0.05, 0.1) is 16.5 Å². The molecular formula is C22H28ClNO3S. The molecule has 0 aliphatic carbocycles. The molecule has 0 unspecified atom stereocenters. The summed E-state index contributed by atoms with van der Waals surface area (Å²) in [4.78, 5) is 0.255. The quantitative estimate of drug-likeness (QED) is 0.553. The van der Waals surface area contributed by atoms with Crippen molar-refractivity contribution in [3.8, 4) is 5.75 Å². The average Bonchev–Trinajstić information content (AvgIpc) is 2.70. The van der Waals surface area contributed by atoms with E-state index < -0.39 is 10.0 Å². The van der Waals surface area contributed by atoms with E-state index >= 15 is 0 Å². The lowest BCUT2D eigenvalue weighted by atomic mass is 9.91. The molecule has 4 nitrogen and oxygen atoms in total. The fraction of sp³-hybridized carbons (Fsp3) is 0.455. The summed E-state index contributed by atoms with van der Waals surface area (Å²) in [7, 11) is -3.53. The van der Waals surface area contributed by atoms with E-state index in [9.17, 15) is 8.42 Å². The Kier molecular flexibility index (Phi) is 7.38. The van der Waals surface area contributed by atoms with Crippen LogP contribution in [0, 0.1) is 5.92 Å². The molecule has 0 atom stereocenters. The third-order valence-corrected chi connectivity index (χ3v) is 7.44. The van der Waals surface area contributed by atoms with Crippen molar-refractivity contribution in [3.05, 3.63) is 59.1 Å². The summed E-state index contributed by atoms with van der Waals surface area (Å²) >= 11 is 6.17. The van der Waals surface area contributed by atoms with E-state index in [4.69, 9.17) is 16.3 Å². The zero-order chi connectivity index (χ0) is 20.0. The van der Waals surface area contributed by atoms with E-state index in [1.54, 1.807) is 22.5 Å². The Hall–Kier alpha value is -1.56. The zero-order valence-corrected chi connectivity index (χ0v) is 17.9. The number of piperidine rings is 1. The second-order valence-electron chi connectivity index (χ2n) is 7.33. The molecule has 1 aliphatic rings. The summed E-state index contributed by atoms with van der Waals surface area (Å²) in [6.07, 6.45) is 4.67. The molecule has 28 heavy (non-hydrogen) atoms. The molecule has 2 aromatic rings. The number of ether oxygens (including phenoxy) is 1. The first-order chi connectivity index (χ1) is 13.5. The summed E-state index contributed by atoms with van der Waals surface area (Å²) in [6, 6.07) is 15.1. The molecule has 0 saturated carbocycles. The van der Waals surface area contributed by atoms with E-state index in [0.29, 0.717) is 36.4 Å². The number of rotatable bonds is 8. The first-order valence-electron chi connectivity index (χ1n) is 9.97. The Balaban J connectivity index is 1.64. The fourth-order valence-electron chi connectivity index (χ4n) is 3.53. The second kappa shape index (κ2) is 9.77. The van der Waals surface area contributed by atoms with Gasteiger partial charge in [0.15, 0.2) is 0 Å². The summed E-state index contributed by atoms with van der Waals surface area (Å²) in [5.74, 6) is 0.960. The van der Waals surface area contributed by atoms with Gasteiger partial charge in [-0.3, -0.25) is 0 Å². The van der Waals surface area contributed by atoms with Crippen molar-refractivity contribution in [2.24, 2.45) is 5.92 Å². The molecule has 1 fully saturated rings. The van der Waals surface area contributed by atoms with E-state index in [2.05, 4.69) is 31.2 Å². The SMILES string of the molecule is CCCCOc1cc(S(=O)(=O)N2CCC(Cc3ccccc3)CC2)ccc1Cl. The highest BCUT2D eigenvalue weighted by molar-refractivity contribution is 7.89. The van der Waals surface area contributed by atoms with Crippen LogP contribution in [0.2, 0.25) is 5.02 Å². The van der Waals surface area contributed by atoms with Crippen LogP contribution in [-0.4, -0.2) is 32.4 Å². The van der Waals surface area contributed by atoms with Gasteiger partial charge in [-0.1, -0.05) is 55.3 Å². The highest BCUT2D eigenvalue weighted by Crippen LogP contribution is 2.31. The van der Waals surface area contributed by atoms with Gasteiger partial charge < -0.3 is 4.74 Å². The molecule has 0 aromatic heterocycles. The minimum absolute atomic E-state index is 0.255. The topological polar surface area (TPSA) is 46.6 Å². The lowest BCUT2D eigenvalue weighted by molar-refractivity contribution is 0.272. The van der Waals surface area contributed by atoms with Gasteiger partial charge in [-0.15, -0.1) is 0 Å². The third kappa shape index (κ3) is 5.28. The smallest absolute Gasteiger partial charge is 0.243 e. The van der Waals surface area contributed by atoms with Gasteiger partial charge in [-0.25, -0.2) is 8.42 Å². The van der Waals surface area contributed by atoms with Crippen LogP contribution in [0.25, 0.3) is 0 Å². The second-order valence-corrected chi connectivity index (χ2v) is 9.68. The monoisotopic (exact) mass is 421 g/mol. The van der Waals surface area contributed by atoms with Gasteiger partial charge in [0, 0.05) is 19.2 Å². The molecule has 6 heteroatoms. The molecule has 0 N–H and O–H groups in total. The van der Waals surface area contributed by atoms with E-state index in [0.717, 1.165) is 32.1 Å². The largest absolute Gasteiger partial charge is 0.492 e. The molecule has 0 amide bonds. The van der Waals surface area contributed by atoms with Crippen molar-refractivity contribution in [1.29, 1.82) is 0 Å².